The van der Waals surface area contributed by atoms with Crippen LogP contribution in [0.5, 0.6) is 11.5 Å². The molecule has 3 rings (SSSR count). The Balaban J connectivity index is 1.86. The third-order valence-corrected chi connectivity index (χ3v) is 5.65. The topological polar surface area (TPSA) is 125 Å². The molecule has 0 spiro atoms. The van der Waals surface area contributed by atoms with Gasteiger partial charge < -0.3 is 15.2 Å². The van der Waals surface area contributed by atoms with Crippen molar-refractivity contribution in [3.05, 3.63) is 53.1 Å². The van der Waals surface area contributed by atoms with Gasteiger partial charge in [0.1, 0.15) is 18.0 Å². The monoisotopic (exact) mass is 419 g/mol. The zero-order chi connectivity index (χ0) is 21.2. The number of aromatic hydroxyl groups is 1. The summed E-state index contributed by atoms with van der Waals surface area (Å²) in [6.45, 7) is 3.73. The van der Waals surface area contributed by atoms with Crippen molar-refractivity contribution in [3.63, 3.8) is 0 Å². The Hall–Kier alpha value is -3.27. The van der Waals surface area contributed by atoms with Crippen LogP contribution >= 0.6 is 0 Å². The fraction of sp³-hybridized carbons (Fsp3) is 0.263. The molecule has 10 heteroatoms. The van der Waals surface area contributed by atoms with E-state index in [4.69, 9.17) is 4.74 Å². The van der Waals surface area contributed by atoms with E-state index >= 15 is 0 Å². The molecule has 1 saturated heterocycles. The van der Waals surface area contributed by atoms with Crippen LogP contribution in [-0.4, -0.2) is 38.6 Å². The Morgan fingerprint density at radius 3 is 2.66 bits per heavy atom. The van der Waals surface area contributed by atoms with Gasteiger partial charge in [-0.05, 0) is 43.2 Å². The second-order valence-corrected chi connectivity index (χ2v) is 8.16. The van der Waals surface area contributed by atoms with Gasteiger partial charge in [-0.15, -0.1) is 0 Å². The number of nitrogens with one attached hydrogen (secondary N) is 2. The Labute approximate surface area is 168 Å². The standard InChI is InChI=1S/C19H21N3O6S/c1-3-20-19(25)28-17-7-4-12(2)8-14(17)9-13-5-6-15(16(23)10-13)22-11-18(24)21-29(22,26)27/h4-8,10,23H,3,9,11H2,1-2H3,(H,20,25)(H,21,24). The van der Waals surface area contributed by atoms with Crippen LogP contribution in [0, 0.1) is 6.92 Å². The minimum Gasteiger partial charge on any atom is -0.506 e. The third-order valence-electron chi connectivity index (χ3n) is 4.26. The molecule has 1 heterocycles. The van der Waals surface area contributed by atoms with E-state index in [1.807, 2.05) is 23.8 Å². The smallest absolute Gasteiger partial charge is 0.412 e. The van der Waals surface area contributed by atoms with Gasteiger partial charge in [-0.3, -0.25) is 4.79 Å². The van der Waals surface area contributed by atoms with Crippen molar-refractivity contribution in [2.75, 3.05) is 17.4 Å². The summed E-state index contributed by atoms with van der Waals surface area (Å²) >= 11 is 0. The Morgan fingerprint density at radius 2 is 2.03 bits per heavy atom. The SMILES string of the molecule is CCNC(=O)Oc1ccc(C)cc1Cc1ccc(N2CC(=O)NS2(=O)=O)c(O)c1. The van der Waals surface area contributed by atoms with Crippen LogP contribution < -0.4 is 19.1 Å². The van der Waals surface area contributed by atoms with Gasteiger partial charge in [-0.1, -0.05) is 23.8 Å². The first-order chi connectivity index (χ1) is 13.7. The van der Waals surface area contributed by atoms with E-state index in [0.717, 1.165) is 15.4 Å². The molecule has 0 aromatic heterocycles. The van der Waals surface area contributed by atoms with E-state index < -0.39 is 28.8 Å². The molecule has 3 N–H and O–H groups in total. The van der Waals surface area contributed by atoms with E-state index in [0.29, 0.717) is 24.3 Å². The molecule has 154 valence electrons. The summed E-state index contributed by atoms with van der Waals surface area (Å²) in [7, 11) is -4.01. The van der Waals surface area contributed by atoms with Gasteiger partial charge in [-0.2, -0.15) is 8.42 Å². The number of phenolic OH excluding ortho intramolecular Hbond substituents is 1. The van der Waals surface area contributed by atoms with Crippen molar-refractivity contribution >= 4 is 27.9 Å². The van der Waals surface area contributed by atoms with Crippen LogP contribution in [0.2, 0.25) is 0 Å². The van der Waals surface area contributed by atoms with E-state index in [-0.39, 0.29) is 11.4 Å². The number of ether oxygens (including phenoxy) is 1. The highest BCUT2D eigenvalue weighted by molar-refractivity contribution is 7.92. The maximum absolute atomic E-state index is 12.0. The summed E-state index contributed by atoms with van der Waals surface area (Å²) in [5.74, 6) is -0.552. The highest BCUT2D eigenvalue weighted by Gasteiger charge is 2.35. The summed E-state index contributed by atoms with van der Waals surface area (Å²) in [4.78, 5) is 23.2. The number of rotatable bonds is 5. The number of hydrogen-bond acceptors (Lipinski definition) is 6. The van der Waals surface area contributed by atoms with Crippen molar-refractivity contribution in [1.82, 2.24) is 10.0 Å². The normalized spacial score (nSPS) is 15.1. The van der Waals surface area contributed by atoms with Crippen LogP contribution in [0.1, 0.15) is 23.6 Å². The zero-order valence-corrected chi connectivity index (χ0v) is 16.7. The van der Waals surface area contributed by atoms with Crippen molar-refractivity contribution in [1.29, 1.82) is 0 Å². The van der Waals surface area contributed by atoms with E-state index in [1.54, 1.807) is 19.1 Å². The summed E-state index contributed by atoms with van der Waals surface area (Å²) in [5, 5.41) is 12.9. The van der Waals surface area contributed by atoms with Crippen LogP contribution in [0.3, 0.4) is 0 Å². The zero-order valence-electron chi connectivity index (χ0n) is 15.9. The van der Waals surface area contributed by atoms with Gasteiger partial charge in [0, 0.05) is 13.0 Å². The molecule has 2 amide bonds. The van der Waals surface area contributed by atoms with Crippen LogP contribution in [-0.2, 0) is 21.4 Å². The van der Waals surface area contributed by atoms with Crippen molar-refractivity contribution in [2.45, 2.75) is 20.3 Å². The second-order valence-electron chi connectivity index (χ2n) is 6.57. The average Bonchev–Trinajstić information content (AvgIpc) is 2.90. The summed E-state index contributed by atoms with van der Waals surface area (Å²) in [6, 6.07) is 9.89. The number of carbonyl (C=O) groups is 2. The lowest BCUT2D eigenvalue weighted by molar-refractivity contribution is -0.117. The van der Waals surface area contributed by atoms with E-state index in [9.17, 15) is 23.1 Å². The number of anilines is 1. The molecule has 0 unspecified atom stereocenters. The van der Waals surface area contributed by atoms with Gasteiger partial charge in [-0.25, -0.2) is 13.8 Å². The molecule has 0 bridgehead atoms. The molecule has 0 atom stereocenters. The quantitative estimate of drug-likeness (QED) is 0.676. The number of benzene rings is 2. The number of amides is 2. The first-order valence-electron chi connectivity index (χ1n) is 8.90. The fourth-order valence-electron chi connectivity index (χ4n) is 3.00. The van der Waals surface area contributed by atoms with Crippen LogP contribution in [0.25, 0.3) is 0 Å². The minimum atomic E-state index is -4.01. The van der Waals surface area contributed by atoms with Crippen molar-refractivity contribution < 1.29 is 27.9 Å². The lowest BCUT2D eigenvalue weighted by atomic mass is 10.0. The van der Waals surface area contributed by atoms with E-state index in [1.165, 1.54) is 12.1 Å². The molecule has 1 aliphatic rings. The minimum absolute atomic E-state index is 0.00939. The number of phenols is 1. The lowest BCUT2D eigenvalue weighted by Crippen LogP contribution is -2.29. The molecule has 2 aromatic carbocycles. The molecule has 1 aliphatic heterocycles. The van der Waals surface area contributed by atoms with Crippen molar-refractivity contribution in [3.8, 4) is 11.5 Å². The molecule has 0 saturated carbocycles. The van der Waals surface area contributed by atoms with Gasteiger partial charge in [0.05, 0.1) is 5.69 Å². The summed E-state index contributed by atoms with van der Waals surface area (Å²) in [6.07, 6.45) is -0.221. The first kappa shape index (κ1) is 20.5. The molecule has 2 aromatic rings. The Bertz CT molecular complexity index is 1070. The number of nitrogens with zero attached hydrogens (tertiary/aromatic N) is 1. The maximum atomic E-state index is 12.0. The number of hydrogen-bond donors (Lipinski definition) is 3. The van der Waals surface area contributed by atoms with Crippen molar-refractivity contribution in [2.24, 2.45) is 0 Å². The maximum Gasteiger partial charge on any atom is 0.412 e. The first-order valence-corrected chi connectivity index (χ1v) is 10.3. The third kappa shape index (κ3) is 4.60. The molecule has 9 nitrogen and oxygen atoms in total. The molecule has 0 aliphatic carbocycles. The largest absolute Gasteiger partial charge is 0.506 e. The second kappa shape index (κ2) is 8.00. The van der Waals surface area contributed by atoms with Crippen LogP contribution in [0.15, 0.2) is 36.4 Å². The molecule has 29 heavy (non-hydrogen) atoms. The Morgan fingerprint density at radius 1 is 1.28 bits per heavy atom. The number of aryl methyl sites for hydroxylation is 1. The highest BCUT2D eigenvalue weighted by Crippen LogP contribution is 2.33. The molecular weight excluding hydrogens is 398 g/mol. The van der Waals surface area contributed by atoms with Gasteiger partial charge in [0.25, 0.3) is 5.91 Å². The summed E-state index contributed by atoms with van der Waals surface area (Å²) < 4.78 is 31.9. The van der Waals surface area contributed by atoms with E-state index in [2.05, 4.69) is 5.32 Å². The lowest BCUT2D eigenvalue weighted by Gasteiger charge is -2.17. The molecule has 0 radical (unpaired) electrons. The molecule has 1 fully saturated rings. The predicted molar refractivity (Wildman–Crippen MR) is 106 cm³/mol. The van der Waals surface area contributed by atoms with Gasteiger partial charge in [0.15, 0.2) is 0 Å². The Kier molecular flexibility index (Phi) is 5.64. The highest BCUT2D eigenvalue weighted by atomic mass is 32.2. The predicted octanol–water partition coefficient (Wildman–Crippen LogP) is 1.58. The summed E-state index contributed by atoms with van der Waals surface area (Å²) in [5.41, 5.74) is 2.38. The fourth-order valence-corrected chi connectivity index (χ4v) is 4.16. The van der Waals surface area contributed by atoms with Gasteiger partial charge >= 0.3 is 16.3 Å². The van der Waals surface area contributed by atoms with Gasteiger partial charge in [0.2, 0.25) is 0 Å². The van der Waals surface area contributed by atoms with Crippen LogP contribution in [0.4, 0.5) is 10.5 Å². The average molecular weight is 419 g/mol. The molecular formula is C19H21N3O6S. The number of carbonyl (C=O) groups excluding carboxylic acids is 2.